The molecular formula is C19H13BrN2O. The highest BCUT2D eigenvalue weighted by molar-refractivity contribution is 9.10. The summed E-state index contributed by atoms with van der Waals surface area (Å²) in [7, 11) is 0. The number of hydrogen-bond acceptors (Lipinski definition) is 2. The molecule has 0 atom stereocenters. The molecule has 4 aromatic rings. The van der Waals surface area contributed by atoms with Gasteiger partial charge in [0.25, 0.3) is 0 Å². The van der Waals surface area contributed by atoms with Gasteiger partial charge < -0.3 is 4.74 Å². The SMILES string of the molecule is Brc1ccc(Oc2c(-c3ccccc3)nc3ccccn23)cc1. The van der Waals surface area contributed by atoms with Crippen LogP contribution in [0.1, 0.15) is 0 Å². The molecule has 4 heteroatoms. The molecule has 0 aliphatic rings. The molecule has 4 rings (SSSR count). The van der Waals surface area contributed by atoms with Crippen LogP contribution in [0.5, 0.6) is 11.6 Å². The third-order valence-electron chi connectivity index (χ3n) is 3.56. The van der Waals surface area contributed by atoms with E-state index in [2.05, 4.69) is 15.9 Å². The van der Waals surface area contributed by atoms with Crippen molar-refractivity contribution in [1.82, 2.24) is 9.38 Å². The van der Waals surface area contributed by atoms with E-state index < -0.39 is 0 Å². The lowest BCUT2D eigenvalue weighted by molar-refractivity contribution is 0.460. The number of aromatic nitrogens is 2. The summed E-state index contributed by atoms with van der Waals surface area (Å²) in [4.78, 5) is 4.73. The van der Waals surface area contributed by atoms with Crippen LogP contribution in [0.3, 0.4) is 0 Å². The van der Waals surface area contributed by atoms with Crippen molar-refractivity contribution in [2.24, 2.45) is 0 Å². The highest BCUT2D eigenvalue weighted by Crippen LogP contribution is 2.34. The predicted molar refractivity (Wildman–Crippen MR) is 94.8 cm³/mol. The van der Waals surface area contributed by atoms with Gasteiger partial charge in [-0.25, -0.2) is 4.98 Å². The van der Waals surface area contributed by atoms with E-state index in [4.69, 9.17) is 9.72 Å². The fourth-order valence-electron chi connectivity index (χ4n) is 2.47. The molecule has 0 spiro atoms. The molecule has 2 aromatic carbocycles. The second-order valence-electron chi connectivity index (χ2n) is 5.12. The molecule has 0 amide bonds. The minimum absolute atomic E-state index is 0.717. The smallest absolute Gasteiger partial charge is 0.232 e. The molecule has 2 aromatic heterocycles. The standard InChI is InChI=1S/C19H13BrN2O/c20-15-9-11-16(12-10-15)23-19-18(14-6-2-1-3-7-14)21-17-8-4-5-13-22(17)19/h1-13H. The first-order chi connectivity index (χ1) is 11.3. The first-order valence-corrected chi connectivity index (χ1v) is 8.06. The first-order valence-electron chi connectivity index (χ1n) is 7.27. The van der Waals surface area contributed by atoms with E-state index in [0.717, 1.165) is 27.1 Å². The topological polar surface area (TPSA) is 26.5 Å². The summed E-state index contributed by atoms with van der Waals surface area (Å²) in [6.45, 7) is 0. The van der Waals surface area contributed by atoms with E-state index in [1.165, 1.54) is 0 Å². The second kappa shape index (κ2) is 5.89. The average molecular weight is 365 g/mol. The number of imidazole rings is 1. The summed E-state index contributed by atoms with van der Waals surface area (Å²) in [6, 6.07) is 23.8. The minimum Gasteiger partial charge on any atom is -0.438 e. The molecule has 0 N–H and O–H groups in total. The zero-order chi connectivity index (χ0) is 15.6. The first kappa shape index (κ1) is 14.0. The van der Waals surface area contributed by atoms with Crippen LogP contribution in [0, 0.1) is 0 Å². The molecule has 0 saturated heterocycles. The Kier molecular flexibility index (Phi) is 3.60. The van der Waals surface area contributed by atoms with Crippen LogP contribution >= 0.6 is 15.9 Å². The van der Waals surface area contributed by atoms with Gasteiger partial charge in [-0.15, -0.1) is 0 Å². The van der Waals surface area contributed by atoms with Crippen LogP contribution < -0.4 is 4.74 Å². The number of hydrogen-bond donors (Lipinski definition) is 0. The molecule has 0 fully saturated rings. The van der Waals surface area contributed by atoms with Crippen molar-refractivity contribution in [2.45, 2.75) is 0 Å². The van der Waals surface area contributed by atoms with Gasteiger partial charge in [0.1, 0.15) is 17.1 Å². The highest BCUT2D eigenvalue weighted by Gasteiger charge is 2.15. The second-order valence-corrected chi connectivity index (χ2v) is 6.03. The maximum absolute atomic E-state index is 6.15. The lowest BCUT2D eigenvalue weighted by Gasteiger charge is -2.08. The third kappa shape index (κ3) is 2.73. The predicted octanol–water partition coefficient (Wildman–Crippen LogP) is 5.56. The molecule has 0 radical (unpaired) electrons. The van der Waals surface area contributed by atoms with Gasteiger partial charge in [-0.1, -0.05) is 52.3 Å². The van der Waals surface area contributed by atoms with Crippen molar-refractivity contribution in [2.75, 3.05) is 0 Å². The van der Waals surface area contributed by atoms with E-state index in [-0.39, 0.29) is 0 Å². The molecular weight excluding hydrogens is 352 g/mol. The number of ether oxygens (including phenoxy) is 1. The van der Waals surface area contributed by atoms with Gasteiger partial charge in [0.05, 0.1) is 0 Å². The van der Waals surface area contributed by atoms with Gasteiger partial charge in [0.15, 0.2) is 0 Å². The zero-order valence-electron chi connectivity index (χ0n) is 12.2. The Balaban J connectivity index is 1.87. The van der Waals surface area contributed by atoms with Crippen molar-refractivity contribution in [1.29, 1.82) is 0 Å². The number of rotatable bonds is 3. The fourth-order valence-corrected chi connectivity index (χ4v) is 2.73. The van der Waals surface area contributed by atoms with Gasteiger partial charge in [-0.3, -0.25) is 4.40 Å². The fraction of sp³-hybridized carbons (Fsp3) is 0. The van der Waals surface area contributed by atoms with Gasteiger partial charge >= 0.3 is 0 Å². The van der Waals surface area contributed by atoms with Crippen LogP contribution in [0.4, 0.5) is 0 Å². The summed E-state index contributed by atoms with van der Waals surface area (Å²) in [5.41, 5.74) is 2.72. The molecule has 23 heavy (non-hydrogen) atoms. The molecule has 3 nitrogen and oxygen atoms in total. The maximum atomic E-state index is 6.15. The monoisotopic (exact) mass is 364 g/mol. The van der Waals surface area contributed by atoms with Crippen LogP contribution in [0.2, 0.25) is 0 Å². The molecule has 0 unspecified atom stereocenters. The number of nitrogens with zero attached hydrogens (tertiary/aromatic N) is 2. The zero-order valence-corrected chi connectivity index (χ0v) is 13.8. The Morgan fingerprint density at radius 1 is 0.826 bits per heavy atom. The van der Waals surface area contributed by atoms with E-state index in [1.807, 2.05) is 83.4 Å². The largest absolute Gasteiger partial charge is 0.438 e. The van der Waals surface area contributed by atoms with Gasteiger partial charge in [0, 0.05) is 16.2 Å². The van der Waals surface area contributed by atoms with Crippen LogP contribution in [0.25, 0.3) is 16.9 Å². The minimum atomic E-state index is 0.717. The van der Waals surface area contributed by atoms with E-state index >= 15 is 0 Å². The molecule has 2 heterocycles. The van der Waals surface area contributed by atoms with E-state index in [0.29, 0.717) is 5.88 Å². The number of fused-ring (bicyclic) bond motifs is 1. The number of halogens is 1. The van der Waals surface area contributed by atoms with Crippen molar-refractivity contribution >= 4 is 21.6 Å². The molecule has 0 saturated carbocycles. The van der Waals surface area contributed by atoms with Crippen LogP contribution in [-0.4, -0.2) is 9.38 Å². The summed E-state index contributed by atoms with van der Waals surface area (Å²) in [6.07, 6.45) is 1.96. The lowest BCUT2D eigenvalue weighted by atomic mass is 10.2. The Labute approximate surface area is 142 Å². The number of benzene rings is 2. The summed E-state index contributed by atoms with van der Waals surface area (Å²) in [5, 5.41) is 0. The average Bonchev–Trinajstić information content (AvgIpc) is 2.96. The third-order valence-corrected chi connectivity index (χ3v) is 4.09. The van der Waals surface area contributed by atoms with Crippen molar-refractivity contribution < 1.29 is 4.74 Å². The van der Waals surface area contributed by atoms with Gasteiger partial charge in [-0.2, -0.15) is 0 Å². The molecule has 0 bridgehead atoms. The van der Waals surface area contributed by atoms with Crippen molar-refractivity contribution in [3.05, 3.63) is 83.5 Å². The van der Waals surface area contributed by atoms with Crippen LogP contribution in [-0.2, 0) is 0 Å². The maximum Gasteiger partial charge on any atom is 0.232 e. The summed E-state index contributed by atoms with van der Waals surface area (Å²) >= 11 is 3.44. The normalized spacial score (nSPS) is 10.8. The summed E-state index contributed by atoms with van der Waals surface area (Å²) < 4.78 is 9.13. The van der Waals surface area contributed by atoms with Crippen LogP contribution in [0.15, 0.2) is 83.5 Å². The Morgan fingerprint density at radius 2 is 1.57 bits per heavy atom. The highest BCUT2D eigenvalue weighted by atomic mass is 79.9. The van der Waals surface area contributed by atoms with Gasteiger partial charge in [0.2, 0.25) is 5.88 Å². The van der Waals surface area contributed by atoms with Gasteiger partial charge in [-0.05, 0) is 36.4 Å². The Morgan fingerprint density at radius 3 is 2.35 bits per heavy atom. The van der Waals surface area contributed by atoms with E-state index in [1.54, 1.807) is 0 Å². The lowest BCUT2D eigenvalue weighted by Crippen LogP contribution is -1.91. The van der Waals surface area contributed by atoms with Crippen molar-refractivity contribution in [3.63, 3.8) is 0 Å². The Bertz CT molecular complexity index is 946. The molecule has 0 aliphatic carbocycles. The summed E-state index contributed by atoms with van der Waals surface area (Å²) in [5.74, 6) is 1.49. The number of pyridine rings is 1. The quantitative estimate of drug-likeness (QED) is 0.475. The van der Waals surface area contributed by atoms with Crippen molar-refractivity contribution in [3.8, 4) is 22.9 Å². The van der Waals surface area contributed by atoms with E-state index in [9.17, 15) is 0 Å². The molecule has 0 aliphatic heterocycles. The molecule has 112 valence electrons. The Hall–Kier alpha value is -2.59.